The summed E-state index contributed by atoms with van der Waals surface area (Å²) in [6.07, 6.45) is 1.02. The van der Waals surface area contributed by atoms with Crippen molar-refractivity contribution in [1.29, 1.82) is 0 Å². The number of alkyl halides is 2. The Morgan fingerprint density at radius 2 is 1.57 bits per heavy atom. The third-order valence-electron chi connectivity index (χ3n) is 10.7. The molecule has 0 radical (unpaired) electrons. The van der Waals surface area contributed by atoms with Crippen LogP contribution in [0.25, 0.3) is 0 Å². The van der Waals surface area contributed by atoms with E-state index in [1.165, 1.54) is 26.8 Å². The third-order valence-corrected chi connectivity index (χ3v) is 13.5. The van der Waals surface area contributed by atoms with Crippen molar-refractivity contribution in [3.05, 3.63) is 12.7 Å². The molecule has 15 heteroatoms. The number of hydrogen-bond acceptors (Lipinski definition) is 8. The normalized spacial score (nSPS) is 24.2. The number of rotatable bonds is 15. The lowest BCUT2D eigenvalue weighted by molar-refractivity contribution is -0.142. The molecule has 292 valence electrons. The zero-order chi connectivity index (χ0) is 38.7. The van der Waals surface area contributed by atoms with Gasteiger partial charge in [-0.3, -0.25) is 19.3 Å². The van der Waals surface area contributed by atoms with Gasteiger partial charge in [0.2, 0.25) is 17.6 Å². The number of likely N-dealkylation sites (tertiary alicyclic amines) is 1. The zero-order valence-corrected chi connectivity index (χ0v) is 32.4. The summed E-state index contributed by atoms with van der Waals surface area (Å²) in [5.74, 6) is -5.59. The molecule has 3 fully saturated rings. The maximum atomic E-state index is 14.3. The molecule has 3 rings (SSSR count). The van der Waals surface area contributed by atoms with Crippen LogP contribution in [0.15, 0.2) is 12.7 Å². The number of ketones is 1. The molecule has 0 aromatic heterocycles. The SMILES string of the molecule is C=CCNC(=O)C(=O)C(CC1CC1)NC(=O)[C@@H]1C(C(C)C)CCN1C(O)[C@@H](NC(=O)NC1(CS(=O)(=O)C(C)(C)C)CCC(F)(F)CC1)C(C)(C)C. The maximum Gasteiger partial charge on any atom is 0.315 e. The molecule has 5 N–H and O–H groups in total. The highest BCUT2D eigenvalue weighted by Crippen LogP contribution is 2.41. The van der Waals surface area contributed by atoms with Gasteiger partial charge in [0.15, 0.2) is 9.84 Å². The Hall–Kier alpha value is -2.65. The van der Waals surface area contributed by atoms with Crippen LogP contribution in [0.5, 0.6) is 0 Å². The molecule has 0 aromatic rings. The lowest BCUT2D eigenvalue weighted by Gasteiger charge is -2.44. The number of urea groups is 1. The van der Waals surface area contributed by atoms with E-state index in [4.69, 9.17) is 0 Å². The lowest BCUT2D eigenvalue weighted by atomic mass is 9.81. The number of sulfone groups is 1. The Balaban J connectivity index is 1.88. The predicted octanol–water partition coefficient (Wildman–Crippen LogP) is 3.68. The average Bonchev–Trinajstić information content (AvgIpc) is 3.70. The van der Waals surface area contributed by atoms with E-state index in [0.717, 1.165) is 12.8 Å². The van der Waals surface area contributed by atoms with Crippen molar-refractivity contribution in [2.45, 2.75) is 147 Å². The molecule has 3 unspecified atom stereocenters. The first-order chi connectivity index (χ1) is 23.3. The van der Waals surface area contributed by atoms with Crippen LogP contribution in [-0.2, 0) is 24.2 Å². The van der Waals surface area contributed by atoms with E-state index in [2.05, 4.69) is 27.8 Å². The van der Waals surface area contributed by atoms with Gasteiger partial charge in [-0.05, 0) is 69.6 Å². The maximum absolute atomic E-state index is 14.3. The molecule has 5 atom stereocenters. The molecule has 1 saturated heterocycles. The Labute approximate surface area is 302 Å². The summed E-state index contributed by atoms with van der Waals surface area (Å²) in [6, 6.07) is -3.77. The number of aliphatic hydroxyl groups is 1. The topological polar surface area (TPSA) is 174 Å². The van der Waals surface area contributed by atoms with Crippen molar-refractivity contribution in [3.8, 4) is 0 Å². The largest absolute Gasteiger partial charge is 0.376 e. The molecular formula is C36H61F2N5O7S. The van der Waals surface area contributed by atoms with Gasteiger partial charge in [-0.1, -0.05) is 53.5 Å². The molecule has 2 saturated carbocycles. The number of amides is 4. The summed E-state index contributed by atoms with van der Waals surface area (Å²) < 4.78 is 53.9. The Morgan fingerprint density at radius 3 is 2.06 bits per heavy atom. The van der Waals surface area contributed by atoms with E-state index in [9.17, 15) is 41.5 Å². The number of carbonyl (C=O) groups is 4. The quantitative estimate of drug-likeness (QED) is 0.125. The summed E-state index contributed by atoms with van der Waals surface area (Å²) in [6.45, 7) is 17.8. The van der Waals surface area contributed by atoms with E-state index in [1.807, 2.05) is 13.8 Å². The van der Waals surface area contributed by atoms with Gasteiger partial charge in [0.1, 0.15) is 6.23 Å². The summed E-state index contributed by atoms with van der Waals surface area (Å²) in [5, 5.41) is 22.9. The molecular weight excluding hydrogens is 684 g/mol. The van der Waals surface area contributed by atoms with Crippen molar-refractivity contribution in [1.82, 2.24) is 26.2 Å². The molecule has 0 aromatic carbocycles. The fourth-order valence-electron chi connectivity index (χ4n) is 7.09. The first-order valence-electron chi connectivity index (χ1n) is 18.2. The second-order valence-corrected chi connectivity index (χ2v) is 20.1. The minimum absolute atomic E-state index is 0.00446. The predicted molar refractivity (Wildman–Crippen MR) is 192 cm³/mol. The first-order valence-corrected chi connectivity index (χ1v) is 19.8. The second kappa shape index (κ2) is 16.2. The van der Waals surface area contributed by atoms with Gasteiger partial charge in [-0.2, -0.15) is 0 Å². The number of halogens is 2. The van der Waals surface area contributed by atoms with Gasteiger partial charge in [0.05, 0.1) is 34.2 Å². The van der Waals surface area contributed by atoms with Gasteiger partial charge in [-0.15, -0.1) is 6.58 Å². The highest BCUT2D eigenvalue weighted by Gasteiger charge is 2.51. The number of hydrogen-bond donors (Lipinski definition) is 5. The molecule has 1 heterocycles. The van der Waals surface area contributed by atoms with Crippen molar-refractivity contribution in [2.24, 2.45) is 23.2 Å². The first kappa shape index (κ1) is 42.8. The fourth-order valence-corrected chi connectivity index (χ4v) is 8.62. The van der Waals surface area contributed by atoms with E-state index in [0.29, 0.717) is 19.4 Å². The molecule has 0 spiro atoms. The highest BCUT2D eigenvalue weighted by molar-refractivity contribution is 7.92. The van der Waals surface area contributed by atoms with Crippen LogP contribution in [0, 0.1) is 23.2 Å². The van der Waals surface area contributed by atoms with Crippen molar-refractivity contribution >= 4 is 33.5 Å². The monoisotopic (exact) mass is 745 g/mol. The van der Waals surface area contributed by atoms with Crippen LogP contribution >= 0.6 is 0 Å². The van der Waals surface area contributed by atoms with Crippen LogP contribution < -0.4 is 21.3 Å². The smallest absolute Gasteiger partial charge is 0.315 e. The minimum atomic E-state index is -3.83. The molecule has 1 aliphatic heterocycles. The van der Waals surface area contributed by atoms with E-state index in [1.54, 1.807) is 25.7 Å². The summed E-state index contributed by atoms with van der Waals surface area (Å²) in [5.41, 5.74) is -2.25. The van der Waals surface area contributed by atoms with Crippen LogP contribution in [0.1, 0.15) is 107 Å². The Morgan fingerprint density at radius 1 is 0.980 bits per heavy atom. The standard InChI is InChI=1S/C36H61F2N5O7S/c1-10-18-39-30(46)27(44)25(20-23-11-12-23)40-29(45)26-24(22(2)3)13-19-43(26)31(47)28(33(4,5)6)41-32(48)42-35(14-16-36(37,38)17-15-35)21-51(49,50)34(7,8)9/h10,22-26,28,31,47H,1,11-21H2,2-9H3,(H,39,46)(H,40,45)(H2,41,42,48)/t24?,25?,26-,28+,31?/m0/s1. The van der Waals surface area contributed by atoms with Crippen molar-refractivity contribution < 1.29 is 41.5 Å². The van der Waals surface area contributed by atoms with E-state index < -0.39 is 98.0 Å². The van der Waals surface area contributed by atoms with Gasteiger partial charge in [0, 0.05) is 25.9 Å². The summed E-state index contributed by atoms with van der Waals surface area (Å²) >= 11 is 0. The molecule has 12 nitrogen and oxygen atoms in total. The number of nitrogens with one attached hydrogen (secondary N) is 4. The van der Waals surface area contributed by atoms with E-state index >= 15 is 0 Å². The van der Waals surface area contributed by atoms with Gasteiger partial charge < -0.3 is 26.4 Å². The Bertz CT molecular complexity index is 1390. The Kier molecular flexibility index (Phi) is 13.5. The molecule has 0 bridgehead atoms. The fraction of sp³-hybridized carbons (Fsp3) is 0.833. The molecule has 2 aliphatic carbocycles. The molecule has 4 amide bonds. The van der Waals surface area contributed by atoms with Gasteiger partial charge in [-0.25, -0.2) is 22.0 Å². The summed E-state index contributed by atoms with van der Waals surface area (Å²) in [4.78, 5) is 55.2. The van der Waals surface area contributed by atoms with Crippen molar-refractivity contribution in [3.63, 3.8) is 0 Å². The minimum Gasteiger partial charge on any atom is -0.376 e. The van der Waals surface area contributed by atoms with Crippen LogP contribution in [0.4, 0.5) is 13.6 Å². The summed E-state index contributed by atoms with van der Waals surface area (Å²) in [7, 11) is -3.83. The van der Waals surface area contributed by atoms with E-state index in [-0.39, 0.29) is 37.1 Å². The van der Waals surface area contributed by atoms with Gasteiger partial charge in [0.25, 0.3) is 5.91 Å². The van der Waals surface area contributed by atoms with Crippen LogP contribution in [-0.4, -0.2) is 101 Å². The molecule has 51 heavy (non-hydrogen) atoms. The molecule has 3 aliphatic rings. The number of aliphatic hydroxyl groups excluding tert-OH is 1. The third kappa shape index (κ3) is 11.2. The zero-order valence-electron chi connectivity index (χ0n) is 31.6. The number of Topliss-reactive ketones (excluding diaryl/α,β-unsaturated/α-hetero) is 1. The highest BCUT2D eigenvalue weighted by atomic mass is 32.2. The lowest BCUT2D eigenvalue weighted by Crippen LogP contribution is -2.65. The average molecular weight is 746 g/mol. The number of nitrogens with zero attached hydrogens (tertiary/aromatic N) is 1. The number of carbonyl (C=O) groups excluding carboxylic acids is 4. The van der Waals surface area contributed by atoms with Crippen molar-refractivity contribution in [2.75, 3.05) is 18.8 Å². The second-order valence-electron chi connectivity index (χ2n) is 17.3. The van der Waals surface area contributed by atoms with Crippen LogP contribution in [0.2, 0.25) is 0 Å². The van der Waals surface area contributed by atoms with Crippen LogP contribution in [0.3, 0.4) is 0 Å². The van der Waals surface area contributed by atoms with Gasteiger partial charge >= 0.3 is 6.03 Å².